The Labute approximate surface area is 89.2 Å². The lowest BCUT2D eigenvalue weighted by Gasteiger charge is -2.05. The first-order valence-corrected chi connectivity index (χ1v) is 4.65. The number of nitrogens with one attached hydrogen (secondary N) is 2. The van der Waals surface area contributed by atoms with E-state index in [0.29, 0.717) is 11.1 Å². The lowest BCUT2D eigenvalue weighted by Crippen LogP contribution is -2.19. The SMILES string of the molecule is O=c1[nH][nH]c(=O)c2cc(CO)c(CO)cc12. The standard InChI is InChI=1S/C10H10N2O4/c13-3-5-1-7-8(2-6(5)4-14)10(16)12-11-9(7)15/h1-2,13-14H,3-4H2,(H,11,15)(H,12,16). The van der Waals surface area contributed by atoms with E-state index in [9.17, 15) is 9.59 Å². The molecule has 84 valence electrons. The van der Waals surface area contributed by atoms with Crippen molar-refractivity contribution in [3.8, 4) is 0 Å². The number of H-pyrrole nitrogens is 2. The molecule has 6 heteroatoms. The molecule has 0 unspecified atom stereocenters. The highest BCUT2D eigenvalue weighted by Crippen LogP contribution is 2.15. The predicted octanol–water partition coefficient (Wildman–Crippen LogP) is -0.799. The van der Waals surface area contributed by atoms with Crippen LogP contribution in [0.2, 0.25) is 0 Å². The van der Waals surface area contributed by atoms with Gasteiger partial charge in [-0.05, 0) is 23.3 Å². The van der Waals surface area contributed by atoms with E-state index in [1.54, 1.807) is 0 Å². The monoisotopic (exact) mass is 222 g/mol. The summed E-state index contributed by atoms with van der Waals surface area (Å²) in [5, 5.41) is 22.9. The zero-order valence-corrected chi connectivity index (χ0v) is 8.28. The van der Waals surface area contributed by atoms with Gasteiger partial charge in [-0.2, -0.15) is 0 Å². The van der Waals surface area contributed by atoms with Crippen molar-refractivity contribution in [1.82, 2.24) is 10.2 Å². The summed E-state index contributed by atoms with van der Waals surface area (Å²) >= 11 is 0. The molecule has 1 aromatic carbocycles. The molecule has 0 aliphatic heterocycles. The molecule has 0 saturated carbocycles. The molecular weight excluding hydrogens is 212 g/mol. The molecule has 2 rings (SSSR count). The highest BCUT2D eigenvalue weighted by atomic mass is 16.3. The predicted molar refractivity (Wildman–Crippen MR) is 57.0 cm³/mol. The molecule has 1 aromatic heterocycles. The summed E-state index contributed by atoms with van der Waals surface area (Å²) in [7, 11) is 0. The number of hydrogen-bond donors (Lipinski definition) is 4. The number of aliphatic hydroxyl groups is 2. The van der Waals surface area contributed by atoms with Crippen LogP contribution in [0.1, 0.15) is 11.1 Å². The Morgan fingerprint density at radius 2 is 1.25 bits per heavy atom. The van der Waals surface area contributed by atoms with Gasteiger partial charge in [-0.1, -0.05) is 0 Å². The van der Waals surface area contributed by atoms with Crippen LogP contribution in [-0.2, 0) is 13.2 Å². The Hall–Kier alpha value is -1.92. The number of benzene rings is 1. The van der Waals surface area contributed by atoms with E-state index in [-0.39, 0.29) is 24.0 Å². The zero-order chi connectivity index (χ0) is 11.7. The smallest absolute Gasteiger partial charge is 0.270 e. The molecule has 2 aromatic rings. The number of rotatable bonds is 2. The van der Waals surface area contributed by atoms with Crippen LogP contribution < -0.4 is 11.1 Å². The average Bonchev–Trinajstić information content (AvgIpc) is 2.32. The van der Waals surface area contributed by atoms with E-state index in [4.69, 9.17) is 10.2 Å². The number of aliphatic hydroxyl groups excluding tert-OH is 2. The van der Waals surface area contributed by atoms with Gasteiger partial charge >= 0.3 is 0 Å². The third-order valence-corrected chi connectivity index (χ3v) is 2.46. The van der Waals surface area contributed by atoms with Crippen molar-refractivity contribution >= 4 is 10.8 Å². The third kappa shape index (κ3) is 1.54. The van der Waals surface area contributed by atoms with Crippen molar-refractivity contribution in [2.24, 2.45) is 0 Å². The van der Waals surface area contributed by atoms with Crippen LogP contribution in [0.5, 0.6) is 0 Å². The first-order valence-electron chi connectivity index (χ1n) is 4.65. The van der Waals surface area contributed by atoms with Crippen molar-refractivity contribution in [2.45, 2.75) is 13.2 Å². The molecule has 4 N–H and O–H groups in total. The maximum absolute atomic E-state index is 11.4. The van der Waals surface area contributed by atoms with Gasteiger partial charge in [0.25, 0.3) is 11.1 Å². The van der Waals surface area contributed by atoms with Gasteiger partial charge in [-0.25, -0.2) is 0 Å². The van der Waals surface area contributed by atoms with Crippen LogP contribution in [0.15, 0.2) is 21.7 Å². The van der Waals surface area contributed by atoms with Crippen molar-refractivity contribution in [3.63, 3.8) is 0 Å². The summed E-state index contributed by atoms with van der Waals surface area (Å²) in [4.78, 5) is 22.9. The molecule has 6 nitrogen and oxygen atoms in total. The summed E-state index contributed by atoms with van der Waals surface area (Å²) < 4.78 is 0. The number of aromatic amines is 2. The second-order valence-corrected chi connectivity index (χ2v) is 3.39. The van der Waals surface area contributed by atoms with E-state index in [1.165, 1.54) is 12.1 Å². The quantitative estimate of drug-likeness (QED) is 0.533. The first kappa shape index (κ1) is 10.6. The number of hydrogen-bond acceptors (Lipinski definition) is 4. The van der Waals surface area contributed by atoms with Crippen molar-refractivity contribution in [1.29, 1.82) is 0 Å². The second-order valence-electron chi connectivity index (χ2n) is 3.39. The number of aromatic nitrogens is 2. The van der Waals surface area contributed by atoms with Gasteiger partial charge in [-0.15, -0.1) is 0 Å². The maximum Gasteiger partial charge on any atom is 0.270 e. The van der Waals surface area contributed by atoms with Gasteiger partial charge in [0.2, 0.25) is 0 Å². The summed E-state index contributed by atoms with van der Waals surface area (Å²) in [6.07, 6.45) is 0. The van der Waals surface area contributed by atoms with Crippen molar-refractivity contribution in [2.75, 3.05) is 0 Å². The largest absolute Gasteiger partial charge is 0.392 e. The topological polar surface area (TPSA) is 106 Å². The Kier molecular flexibility index (Phi) is 2.59. The van der Waals surface area contributed by atoms with Crippen LogP contribution in [0.25, 0.3) is 10.8 Å². The van der Waals surface area contributed by atoms with Crippen molar-refractivity contribution < 1.29 is 10.2 Å². The van der Waals surface area contributed by atoms with E-state index in [0.717, 1.165) is 0 Å². The molecule has 0 aliphatic carbocycles. The normalized spacial score (nSPS) is 10.9. The molecule has 0 amide bonds. The average molecular weight is 222 g/mol. The van der Waals surface area contributed by atoms with Crippen LogP contribution in [0.3, 0.4) is 0 Å². The van der Waals surface area contributed by atoms with E-state index in [1.807, 2.05) is 0 Å². The van der Waals surface area contributed by atoms with Crippen LogP contribution >= 0.6 is 0 Å². The molecule has 0 radical (unpaired) electrons. The van der Waals surface area contributed by atoms with E-state index in [2.05, 4.69) is 10.2 Å². The fraction of sp³-hybridized carbons (Fsp3) is 0.200. The maximum atomic E-state index is 11.4. The minimum atomic E-state index is -0.436. The lowest BCUT2D eigenvalue weighted by molar-refractivity contribution is 0.260. The molecule has 0 atom stereocenters. The molecule has 1 heterocycles. The van der Waals surface area contributed by atoms with Crippen LogP contribution in [0.4, 0.5) is 0 Å². The minimum absolute atomic E-state index is 0.199. The molecule has 0 fully saturated rings. The van der Waals surface area contributed by atoms with Gasteiger partial charge in [0.1, 0.15) is 0 Å². The Morgan fingerprint density at radius 1 is 0.875 bits per heavy atom. The van der Waals surface area contributed by atoms with Gasteiger partial charge in [-0.3, -0.25) is 19.8 Å². The molecule has 0 aliphatic rings. The summed E-state index contributed by atoms with van der Waals surface area (Å²) in [5.74, 6) is 0. The van der Waals surface area contributed by atoms with Crippen LogP contribution in [0, 0.1) is 0 Å². The zero-order valence-electron chi connectivity index (χ0n) is 8.28. The fourth-order valence-corrected chi connectivity index (χ4v) is 1.61. The van der Waals surface area contributed by atoms with Crippen molar-refractivity contribution in [3.05, 3.63) is 44.0 Å². The summed E-state index contributed by atoms with van der Waals surface area (Å²) in [5.41, 5.74) is -0.000204. The van der Waals surface area contributed by atoms with Gasteiger partial charge in [0.15, 0.2) is 0 Å². The second kappa shape index (κ2) is 3.92. The Morgan fingerprint density at radius 3 is 1.56 bits per heavy atom. The minimum Gasteiger partial charge on any atom is -0.392 e. The molecule has 0 saturated heterocycles. The van der Waals surface area contributed by atoms with E-state index >= 15 is 0 Å². The molecule has 16 heavy (non-hydrogen) atoms. The highest BCUT2D eigenvalue weighted by Gasteiger charge is 2.08. The third-order valence-electron chi connectivity index (χ3n) is 2.46. The Balaban J connectivity index is 2.94. The van der Waals surface area contributed by atoms with Gasteiger partial charge in [0.05, 0.1) is 24.0 Å². The van der Waals surface area contributed by atoms with Gasteiger partial charge in [0, 0.05) is 0 Å². The summed E-state index contributed by atoms with van der Waals surface area (Å²) in [6.45, 7) is -0.587. The lowest BCUT2D eigenvalue weighted by atomic mass is 10.0. The van der Waals surface area contributed by atoms with Gasteiger partial charge < -0.3 is 10.2 Å². The van der Waals surface area contributed by atoms with E-state index < -0.39 is 11.1 Å². The molecule has 0 spiro atoms. The Bertz CT molecular complexity index is 585. The molecular formula is C10H10N2O4. The fourth-order valence-electron chi connectivity index (χ4n) is 1.61. The highest BCUT2D eigenvalue weighted by molar-refractivity contribution is 5.82. The summed E-state index contributed by atoms with van der Waals surface area (Å²) in [6, 6.07) is 2.82. The number of fused-ring (bicyclic) bond motifs is 1. The van der Waals surface area contributed by atoms with Crippen LogP contribution in [-0.4, -0.2) is 20.4 Å². The first-order chi connectivity index (χ1) is 7.67. The molecule has 0 bridgehead atoms.